The number of oxime groups is 1. The number of amides is 2. The zero-order valence-corrected chi connectivity index (χ0v) is 25.5. The Morgan fingerprint density at radius 1 is 1.23 bits per heavy atom. The highest BCUT2D eigenvalue weighted by atomic mass is 127. The molecule has 14 heteroatoms. The second-order valence-corrected chi connectivity index (χ2v) is 11.6. The normalized spacial score (nSPS) is 18.9. The molecule has 0 bridgehead atoms. The van der Waals surface area contributed by atoms with Crippen LogP contribution in [-0.2, 0) is 40.1 Å². The summed E-state index contributed by atoms with van der Waals surface area (Å²) in [6, 6.07) is 6.06. The molecule has 0 aromatic heterocycles. The molecule has 0 saturated carbocycles. The lowest BCUT2D eigenvalue weighted by molar-refractivity contribution is -0.154. The summed E-state index contributed by atoms with van der Waals surface area (Å²) in [4.78, 5) is 57.7. The molecule has 11 nitrogen and oxygen atoms in total. The summed E-state index contributed by atoms with van der Waals surface area (Å²) in [7, 11) is 1.56. The van der Waals surface area contributed by atoms with Gasteiger partial charge in [-0.3, -0.25) is 19.3 Å². The number of hydrogen-bond donors (Lipinski definition) is 1. The van der Waals surface area contributed by atoms with Gasteiger partial charge in [-0.2, -0.15) is 0 Å². The molecule has 2 atom stereocenters. The summed E-state index contributed by atoms with van der Waals surface area (Å²) in [5.41, 5.74) is 0.488. The van der Waals surface area contributed by atoms with Crippen LogP contribution in [-0.4, -0.2) is 82.0 Å². The monoisotopic (exact) mass is 691 g/mol. The molecule has 1 aromatic carbocycles. The summed E-state index contributed by atoms with van der Waals surface area (Å²) in [5.74, 6) is -1.60. The third-order valence-electron chi connectivity index (χ3n) is 5.55. The lowest BCUT2D eigenvalue weighted by Crippen LogP contribution is -2.71. The lowest BCUT2D eigenvalue weighted by Gasteiger charge is -2.49. The zero-order chi connectivity index (χ0) is 29.4. The van der Waals surface area contributed by atoms with Crippen LogP contribution in [0.2, 0.25) is 0 Å². The van der Waals surface area contributed by atoms with E-state index in [1.165, 1.54) is 16.7 Å². The highest BCUT2D eigenvalue weighted by molar-refractivity contribution is 14.1. The topological polar surface area (TPSA) is 133 Å². The number of esters is 2. The Balaban J connectivity index is 1.69. The fraction of sp³-hybridized carbons (Fsp3) is 0.500. The average Bonchev–Trinajstić information content (AvgIpc) is 2.92. The Labute approximate surface area is 249 Å². The molecule has 218 valence electrons. The Bertz CT molecular complexity index is 1190. The molecule has 1 N–H and O–H groups in total. The van der Waals surface area contributed by atoms with Crippen molar-refractivity contribution in [2.45, 2.75) is 50.8 Å². The van der Waals surface area contributed by atoms with Crippen LogP contribution in [0.4, 0.5) is 4.39 Å². The van der Waals surface area contributed by atoms with Crippen molar-refractivity contribution in [3.05, 3.63) is 41.1 Å². The minimum Gasteiger partial charge on any atom is -0.497 e. The Kier molecular flexibility index (Phi) is 11.2. The first-order chi connectivity index (χ1) is 19.0. The van der Waals surface area contributed by atoms with E-state index in [1.54, 1.807) is 52.1 Å². The van der Waals surface area contributed by atoms with Crippen LogP contribution in [0.5, 0.6) is 5.75 Å². The number of β-lactam (4-membered cyclic amide) rings is 1. The molecule has 0 radical (unpaired) electrons. The maximum Gasteiger partial charge on any atom is 0.355 e. The molecule has 40 heavy (non-hydrogen) atoms. The number of nitrogens with one attached hydrogen (secondary N) is 1. The summed E-state index contributed by atoms with van der Waals surface area (Å²) >= 11 is 3.51. The largest absolute Gasteiger partial charge is 0.497 e. The van der Waals surface area contributed by atoms with Gasteiger partial charge in [-0.25, -0.2) is 9.18 Å². The predicted molar refractivity (Wildman–Crippen MR) is 154 cm³/mol. The molecule has 2 amide bonds. The third kappa shape index (κ3) is 8.08. The second kappa shape index (κ2) is 14.1. The maximum atomic E-state index is 13.2. The Morgan fingerprint density at radius 2 is 1.93 bits per heavy atom. The zero-order valence-electron chi connectivity index (χ0n) is 22.5. The van der Waals surface area contributed by atoms with E-state index in [0.29, 0.717) is 15.9 Å². The molecule has 3 rings (SSSR count). The third-order valence-corrected chi connectivity index (χ3v) is 7.81. The number of alkyl halides is 2. The Hall–Kier alpha value is -2.88. The first-order valence-corrected chi connectivity index (χ1v) is 14.9. The predicted octanol–water partition coefficient (Wildman–Crippen LogP) is 2.90. The van der Waals surface area contributed by atoms with Gasteiger partial charge in [0.05, 0.1) is 13.5 Å². The van der Waals surface area contributed by atoms with Crippen molar-refractivity contribution < 1.29 is 42.6 Å². The van der Waals surface area contributed by atoms with Crippen LogP contribution < -0.4 is 10.1 Å². The first-order valence-electron chi connectivity index (χ1n) is 12.3. The van der Waals surface area contributed by atoms with E-state index < -0.39 is 60.5 Å². The van der Waals surface area contributed by atoms with Gasteiger partial charge in [0.2, 0.25) is 0 Å². The first kappa shape index (κ1) is 31.6. The number of methoxy groups -OCH3 is 1. The molecule has 2 unspecified atom stereocenters. The smallest absolute Gasteiger partial charge is 0.355 e. The molecule has 1 fully saturated rings. The number of benzene rings is 1. The van der Waals surface area contributed by atoms with Crippen LogP contribution in [0.25, 0.3) is 0 Å². The number of nitrogens with zero attached hydrogens (tertiary/aromatic N) is 2. The van der Waals surface area contributed by atoms with Crippen molar-refractivity contribution in [1.82, 2.24) is 10.2 Å². The number of carbonyl (C=O) groups excluding carboxylic acids is 4. The second-order valence-electron chi connectivity index (χ2n) is 9.69. The molecule has 1 aromatic rings. The highest BCUT2D eigenvalue weighted by Crippen LogP contribution is 2.41. The lowest BCUT2D eigenvalue weighted by atomic mass is 10.0. The van der Waals surface area contributed by atoms with Crippen molar-refractivity contribution >= 4 is 63.8 Å². The van der Waals surface area contributed by atoms with Crippen LogP contribution in [0, 0.1) is 0 Å². The van der Waals surface area contributed by atoms with E-state index in [2.05, 4.69) is 33.1 Å². The van der Waals surface area contributed by atoms with Crippen molar-refractivity contribution in [3.63, 3.8) is 0 Å². The highest BCUT2D eigenvalue weighted by Gasteiger charge is 2.54. The van der Waals surface area contributed by atoms with Crippen LogP contribution in [0.3, 0.4) is 0 Å². The number of ether oxygens (including phenoxy) is 3. The van der Waals surface area contributed by atoms with Gasteiger partial charge in [0.1, 0.15) is 48.4 Å². The molecule has 2 aliphatic rings. The fourth-order valence-electron chi connectivity index (χ4n) is 3.76. The molecule has 1 saturated heterocycles. The van der Waals surface area contributed by atoms with Crippen molar-refractivity contribution in [2.24, 2.45) is 5.16 Å². The molecule has 0 spiro atoms. The molecule has 0 aliphatic carbocycles. The maximum absolute atomic E-state index is 13.2. The van der Waals surface area contributed by atoms with Crippen molar-refractivity contribution in [2.75, 3.05) is 30.6 Å². The van der Waals surface area contributed by atoms with Gasteiger partial charge in [0, 0.05) is 10.2 Å². The number of carbonyl (C=O) groups is 4. The van der Waals surface area contributed by atoms with Crippen LogP contribution in [0.1, 0.15) is 32.8 Å². The molecule has 2 heterocycles. The Morgan fingerprint density at radius 3 is 2.52 bits per heavy atom. The van der Waals surface area contributed by atoms with Gasteiger partial charge >= 0.3 is 11.9 Å². The number of rotatable bonds is 12. The van der Waals surface area contributed by atoms with E-state index in [4.69, 9.17) is 19.0 Å². The van der Waals surface area contributed by atoms with Gasteiger partial charge in [-0.15, -0.1) is 11.8 Å². The standard InChI is InChI=1S/C26H31FIN3O8S/c1-26(2,3)39-19(32)11-18(30-38-10-9-27)22(33)29-20-23(34)31-21(16(12-28)14-40-24(20)31)25(35)37-13-15-5-7-17(36-4)8-6-15/h5-8,20,24H,9-14H2,1-4H3,(H,29,33). The van der Waals surface area contributed by atoms with Gasteiger partial charge < -0.3 is 24.4 Å². The SMILES string of the molecule is COc1ccc(COC(=O)C2=C(CI)CSC3C(NC(=O)C(CC(=O)OC(C)(C)C)=NOCCF)C(=O)N23)cc1. The van der Waals surface area contributed by atoms with E-state index in [-0.39, 0.29) is 18.0 Å². The van der Waals surface area contributed by atoms with E-state index in [0.717, 1.165) is 11.1 Å². The van der Waals surface area contributed by atoms with Crippen LogP contribution >= 0.6 is 34.4 Å². The van der Waals surface area contributed by atoms with Crippen molar-refractivity contribution in [3.8, 4) is 5.75 Å². The van der Waals surface area contributed by atoms with Gasteiger partial charge in [-0.1, -0.05) is 39.9 Å². The summed E-state index contributed by atoms with van der Waals surface area (Å²) in [6.45, 7) is 3.75. The molecular weight excluding hydrogens is 660 g/mol. The molecule has 2 aliphatic heterocycles. The number of hydrogen-bond acceptors (Lipinski definition) is 10. The number of thioether (sulfide) groups is 1. The summed E-state index contributed by atoms with van der Waals surface area (Å²) < 4.78 is 28.9. The minimum atomic E-state index is -0.984. The number of fused-ring (bicyclic) bond motifs is 1. The number of halogens is 2. The summed E-state index contributed by atoms with van der Waals surface area (Å²) in [6.07, 6.45) is -0.542. The van der Waals surface area contributed by atoms with Gasteiger partial charge in [0.25, 0.3) is 11.8 Å². The van der Waals surface area contributed by atoms with E-state index in [1.807, 2.05) is 0 Å². The van der Waals surface area contributed by atoms with Gasteiger partial charge in [0.15, 0.2) is 5.71 Å². The quantitative estimate of drug-likeness (QED) is 0.0669. The van der Waals surface area contributed by atoms with Crippen LogP contribution in [0.15, 0.2) is 40.7 Å². The summed E-state index contributed by atoms with van der Waals surface area (Å²) in [5, 5.41) is 5.60. The van der Waals surface area contributed by atoms with E-state index >= 15 is 0 Å². The fourth-order valence-corrected chi connectivity index (χ4v) is 6.11. The van der Waals surface area contributed by atoms with Crippen molar-refractivity contribution in [1.29, 1.82) is 0 Å². The van der Waals surface area contributed by atoms with Gasteiger partial charge in [-0.05, 0) is 44.0 Å². The molecular formula is C26H31FIN3O8S. The average molecular weight is 692 g/mol. The van der Waals surface area contributed by atoms with E-state index in [9.17, 15) is 23.6 Å². The minimum absolute atomic E-state index is 0.00419.